The molecule has 1 aromatic carbocycles. The van der Waals surface area contributed by atoms with E-state index < -0.39 is 7.82 Å². The van der Waals surface area contributed by atoms with Gasteiger partial charge in [-0.05, 0) is 24.3 Å². The molecule has 1 aromatic rings. The molecule has 1 atom stereocenters. The predicted octanol–water partition coefficient (Wildman–Crippen LogP) is 2.54. The van der Waals surface area contributed by atoms with E-state index in [-0.39, 0.29) is 12.4 Å². The number of likely N-dealkylation sites (N-methyl/N-ethyl adjacent to an activating group) is 1. The first-order valence-electron chi connectivity index (χ1n) is 5.64. The van der Waals surface area contributed by atoms with Gasteiger partial charge in [-0.1, -0.05) is 0 Å². The number of phosphoric acid groups is 1. The second-order valence-corrected chi connectivity index (χ2v) is 6.38. The summed E-state index contributed by atoms with van der Waals surface area (Å²) in [5.41, 5.74) is 8.83. The van der Waals surface area contributed by atoms with Gasteiger partial charge in [0.2, 0.25) is 0 Å². The molecule has 0 amide bonds. The Morgan fingerprint density at radius 1 is 1.32 bits per heavy atom. The van der Waals surface area contributed by atoms with E-state index in [1.165, 1.54) is 24.3 Å². The number of hydrogen-bond donors (Lipinski definition) is 1. The molecule has 0 aliphatic rings. The van der Waals surface area contributed by atoms with Crippen LogP contribution in [-0.2, 0) is 9.09 Å². The molecule has 0 saturated heterocycles. The molecule has 7 nitrogen and oxygen atoms in total. The number of rotatable bonds is 7. The molecule has 8 heteroatoms. The highest BCUT2D eigenvalue weighted by molar-refractivity contribution is 7.47. The zero-order valence-corrected chi connectivity index (χ0v) is 12.1. The highest BCUT2D eigenvalue weighted by Crippen LogP contribution is 2.43. The molecule has 0 saturated carbocycles. The van der Waals surface area contributed by atoms with E-state index in [2.05, 4.69) is 5.11 Å². The third-order valence-electron chi connectivity index (χ3n) is 2.19. The maximum Gasteiger partial charge on any atom is 0.527 e. The fourth-order valence-corrected chi connectivity index (χ4v) is 1.92. The molecule has 1 N–H and O–H groups in total. The van der Waals surface area contributed by atoms with Crippen LogP contribution in [0.5, 0.6) is 5.75 Å². The molecule has 0 radical (unpaired) electrons. The molecule has 19 heavy (non-hydrogen) atoms. The quantitative estimate of drug-likeness (QED) is 0.474. The maximum atomic E-state index is 11.7. The van der Waals surface area contributed by atoms with Gasteiger partial charge >= 0.3 is 7.82 Å². The molecule has 106 valence electrons. The summed E-state index contributed by atoms with van der Waals surface area (Å²) in [6, 6.07) is 5.73. The predicted molar refractivity (Wildman–Crippen MR) is 71.2 cm³/mol. The molecule has 1 rings (SSSR count). The number of phosphoric ester groups is 1. The molecular weight excluding hydrogens is 269 g/mol. The number of quaternary nitrogens is 1. The lowest BCUT2D eigenvalue weighted by atomic mass is 10.3. The van der Waals surface area contributed by atoms with E-state index in [1.807, 2.05) is 21.1 Å². The summed E-state index contributed by atoms with van der Waals surface area (Å²) in [7, 11) is 1.72. The van der Waals surface area contributed by atoms with E-state index in [1.54, 1.807) is 0 Å². The Morgan fingerprint density at radius 2 is 1.89 bits per heavy atom. The normalized spacial score (nSPS) is 14.7. The lowest BCUT2D eigenvalue weighted by Gasteiger charge is -2.24. The first-order chi connectivity index (χ1) is 8.72. The molecule has 0 heterocycles. The van der Waals surface area contributed by atoms with E-state index in [9.17, 15) is 9.46 Å². The van der Waals surface area contributed by atoms with Crippen LogP contribution >= 0.6 is 7.82 Å². The van der Waals surface area contributed by atoms with Crippen LogP contribution in [0.25, 0.3) is 5.53 Å². The third-order valence-corrected chi connectivity index (χ3v) is 3.14. The summed E-state index contributed by atoms with van der Waals surface area (Å²) in [6.07, 6.45) is 0. The minimum absolute atomic E-state index is 0.112. The van der Waals surface area contributed by atoms with Gasteiger partial charge in [0.1, 0.15) is 18.9 Å². The highest BCUT2D eigenvalue weighted by Gasteiger charge is 2.24. The van der Waals surface area contributed by atoms with Crippen LogP contribution in [0, 0.1) is 0 Å². The molecule has 0 fully saturated rings. The van der Waals surface area contributed by atoms with E-state index in [0.717, 1.165) is 0 Å². The van der Waals surface area contributed by atoms with E-state index >= 15 is 0 Å². The average Bonchev–Trinajstić information content (AvgIpc) is 2.27. The van der Waals surface area contributed by atoms with Crippen LogP contribution in [0.2, 0.25) is 0 Å². The van der Waals surface area contributed by atoms with Gasteiger partial charge in [-0.3, -0.25) is 9.42 Å². The fraction of sp³-hybridized carbons (Fsp3) is 0.455. The molecular formula is C11H18N3O4P. The summed E-state index contributed by atoms with van der Waals surface area (Å²) in [5.74, 6) is 0.170. The van der Waals surface area contributed by atoms with Crippen LogP contribution < -0.4 is 4.52 Å². The maximum absolute atomic E-state index is 11.7. The summed E-state index contributed by atoms with van der Waals surface area (Å²) in [5, 5.41) is 2.96. The Morgan fingerprint density at radius 3 is 2.37 bits per heavy atom. The number of hydrogen-bond acceptors (Lipinski definition) is 4. The Kier molecular flexibility index (Phi) is 5.20. The lowest BCUT2D eigenvalue weighted by Crippen LogP contribution is -2.37. The monoisotopic (exact) mass is 287 g/mol. The van der Waals surface area contributed by atoms with Crippen LogP contribution in [0.1, 0.15) is 0 Å². The molecule has 0 bridgehead atoms. The van der Waals surface area contributed by atoms with Gasteiger partial charge in [0.05, 0.1) is 21.1 Å². The third kappa shape index (κ3) is 6.45. The van der Waals surface area contributed by atoms with Crippen LogP contribution in [0.4, 0.5) is 5.69 Å². The van der Waals surface area contributed by atoms with Gasteiger partial charge < -0.3 is 19.7 Å². The first kappa shape index (κ1) is 15.8. The average molecular weight is 287 g/mol. The Labute approximate surface area is 112 Å². The highest BCUT2D eigenvalue weighted by atomic mass is 31.2. The van der Waals surface area contributed by atoms with Gasteiger partial charge in [-0.15, -0.1) is 0 Å². The number of benzene rings is 1. The Hall–Kier alpha value is -1.27. The Bertz CT molecular complexity index is 470. The lowest BCUT2D eigenvalue weighted by molar-refractivity contribution is -0.870. The zero-order valence-electron chi connectivity index (χ0n) is 11.2. The summed E-state index contributed by atoms with van der Waals surface area (Å²) < 4.78 is 22.0. The zero-order chi connectivity index (χ0) is 14.5. The standard InChI is InChI=1S/C11H18N3O4P/c1-14(2,3)8-9-17-19(15,16)18-11-6-4-10(13-12)5-7-11/h4-7H,8-9H2,1-3H3,(H,15,16). The smallest absolute Gasteiger partial charge is 0.527 e. The summed E-state index contributed by atoms with van der Waals surface area (Å²) in [6.45, 7) is 0.692. The van der Waals surface area contributed by atoms with Crippen molar-refractivity contribution in [1.29, 1.82) is 0 Å². The van der Waals surface area contributed by atoms with Gasteiger partial charge in [0.15, 0.2) is 0 Å². The largest absolute Gasteiger partial charge is 0.706 e. The molecule has 1 unspecified atom stereocenters. The van der Waals surface area contributed by atoms with Gasteiger partial charge in [0, 0.05) is 5.69 Å². The number of nitrogens with zero attached hydrogens (tertiary/aromatic N) is 3. The van der Waals surface area contributed by atoms with Gasteiger partial charge in [-0.25, -0.2) is 4.57 Å². The molecule has 0 aliphatic carbocycles. The second-order valence-electron chi connectivity index (χ2n) is 5.00. The van der Waals surface area contributed by atoms with Gasteiger partial charge in [0.25, 0.3) is 0 Å². The molecule has 0 spiro atoms. The van der Waals surface area contributed by atoms with Crippen LogP contribution in [-0.4, -0.2) is 43.7 Å². The van der Waals surface area contributed by atoms with Crippen molar-refractivity contribution in [2.24, 2.45) is 5.11 Å². The Balaban J connectivity index is 2.53. The molecule has 0 aliphatic heterocycles. The van der Waals surface area contributed by atoms with E-state index in [4.69, 9.17) is 14.6 Å². The van der Waals surface area contributed by atoms with Crippen molar-refractivity contribution in [1.82, 2.24) is 0 Å². The van der Waals surface area contributed by atoms with Crippen molar-refractivity contribution in [2.45, 2.75) is 0 Å². The summed E-state index contributed by atoms with van der Waals surface area (Å²) in [4.78, 5) is 9.52. The van der Waals surface area contributed by atoms with Crippen molar-refractivity contribution in [3.8, 4) is 5.75 Å². The fourth-order valence-electron chi connectivity index (χ4n) is 1.16. The summed E-state index contributed by atoms with van der Waals surface area (Å²) >= 11 is 0. The van der Waals surface area contributed by atoms with Crippen molar-refractivity contribution < 1.29 is 23.0 Å². The molecule has 0 aromatic heterocycles. The van der Waals surface area contributed by atoms with Crippen LogP contribution in [0.15, 0.2) is 29.4 Å². The first-order valence-corrected chi connectivity index (χ1v) is 7.14. The topological polar surface area (TPSA) is 90.4 Å². The van der Waals surface area contributed by atoms with Crippen molar-refractivity contribution >= 4 is 13.5 Å². The van der Waals surface area contributed by atoms with Crippen molar-refractivity contribution in [3.05, 3.63) is 29.8 Å². The minimum atomic E-state index is -4.13. The second kappa shape index (κ2) is 6.25. The SMILES string of the molecule is C[N+](C)(C)CCOP(=O)(O)Oc1ccc(N=[N-])cc1. The van der Waals surface area contributed by atoms with Crippen molar-refractivity contribution in [3.63, 3.8) is 0 Å². The minimum Gasteiger partial charge on any atom is -0.706 e. The van der Waals surface area contributed by atoms with Gasteiger partial charge in [-0.2, -0.15) is 0 Å². The van der Waals surface area contributed by atoms with Crippen molar-refractivity contribution in [2.75, 3.05) is 34.3 Å². The van der Waals surface area contributed by atoms with E-state index in [0.29, 0.717) is 16.7 Å². The van der Waals surface area contributed by atoms with Crippen LogP contribution in [0.3, 0.4) is 0 Å².